The van der Waals surface area contributed by atoms with E-state index in [1.54, 1.807) is 13.2 Å². The van der Waals surface area contributed by atoms with E-state index in [1.807, 2.05) is 25.1 Å². The van der Waals surface area contributed by atoms with Crippen molar-refractivity contribution < 1.29 is 13.5 Å². The number of rotatable bonds is 3. The predicted molar refractivity (Wildman–Crippen MR) is 74.9 cm³/mol. The van der Waals surface area contributed by atoms with E-state index in [2.05, 4.69) is 15.9 Å². The lowest BCUT2D eigenvalue weighted by Crippen LogP contribution is -1.97. The fourth-order valence-corrected chi connectivity index (χ4v) is 2.49. The maximum Gasteiger partial charge on any atom is 0.159 e. The first-order valence-electron chi connectivity index (χ1n) is 5.76. The zero-order chi connectivity index (χ0) is 14.0. The molecule has 0 amide bonds. The van der Waals surface area contributed by atoms with Gasteiger partial charge in [0.2, 0.25) is 0 Å². The molecule has 2 aromatic carbocycles. The summed E-state index contributed by atoms with van der Waals surface area (Å²) in [5.74, 6) is -0.879. The molecule has 0 saturated carbocycles. The van der Waals surface area contributed by atoms with E-state index >= 15 is 0 Å². The number of ether oxygens (including phenoxy) is 1. The van der Waals surface area contributed by atoms with Gasteiger partial charge in [-0.2, -0.15) is 0 Å². The smallest absolute Gasteiger partial charge is 0.159 e. The van der Waals surface area contributed by atoms with Crippen molar-refractivity contribution in [1.29, 1.82) is 0 Å². The van der Waals surface area contributed by atoms with E-state index in [1.165, 1.54) is 6.07 Å². The van der Waals surface area contributed by atoms with Crippen LogP contribution in [0.25, 0.3) is 0 Å². The minimum absolute atomic E-state index is 0.188. The van der Waals surface area contributed by atoms with Gasteiger partial charge in [0, 0.05) is 0 Å². The summed E-state index contributed by atoms with van der Waals surface area (Å²) >= 11 is 3.50. The molecule has 0 aromatic heterocycles. The highest BCUT2D eigenvalue weighted by Gasteiger charge is 2.14. The number of hydrogen-bond donors (Lipinski definition) is 0. The summed E-state index contributed by atoms with van der Waals surface area (Å²) in [4.78, 5) is -0.188. The maximum atomic E-state index is 13.2. The zero-order valence-corrected chi connectivity index (χ0v) is 12.2. The van der Waals surface area contributed by atoms with Crippen LogP contribution < -0.4 is 4.74 Å². The third-order valence-electron chi connectivity index (χ3n) is 2.95. The van der Waals surface area contributed by atoms with Crippen LogP contribution in [0.5, 0.6) is 5.75 Å². The average Bonchev–Trinajstić information content (AvgIpc) is 2.41. The van der Waals surface area contributed by atoms with Crippen LogP contribution in [0.1, 0.15) is 21.5 Å². The highest BCUT2D eigenvalue weighted by atomic mass is 79.9. The van der Waals surface area contributed by atoms with Crippen molar-refractivity contribution in [3.63, 3.8) is 0 Å². The largest absolute Gasteiger partial charge is 0.496 e. The molecule has 0 aliphatic carbocycles. The molecule has 2 aromatic rings. The quantitative estimate of drug-likeness (QED) is 0.738. The molecule has 0 aliphatic heterocycles. The van der Waals surface area contributed by atoms with Gasteiger partial charge in [-0.25, -0.2) is 8.78 Å². The third kappa shape index (κ3) is 2.95. The Hall–Kier alpha value is -1.42. The van der Waals surface area contributed by atoms with Crippen LogP contribution in [0.3, 0.4) is 0 Å². The second-order valence-corrected chi connectivity index (χ2v) is 5.18. The highest BCUT2D eigenvalue weighted by Crippen LogP contribution is 2.33. The summed E-state index contributed by atoms with van der Waals surface area (Å²) in [5.41, 5.74) is 2.62. The topological polar surface area (TPSA) is 9.23 Å². The number of benzene rings is 2. The van der Waals surface area contributed by atoms with E-state index < -0.39 is 11.6 Å². The van der Waals surface area contributed by atoms with Gasteiger partial charge < -0.3 is 4.74 Å². The molecule has 0 fully saturated rings. The van der Waals surface area contributed by atoms with Gasteiger partial charge in [-0.1, -0.05) is 34.1 Å². The van der Waals surface area contributed by atoms with Gasteiger partial charge in [-0.05, 0) is 41.8 Å². The maximum absolute atomic E-state index is 13.2. The van der Waals surface area contributed by atoms with Crippen molar-refractivity contribution in [2.75, 3.05) is 7.11 Å². The van der Waals surface area contributed by atoms with Gasteiger partial charge in [0.15, 0.2) is 11.6 Å². The first-order valence-corrected chi connectivity index (χ1v) is 6.68. The first kappa shape index (κ1) is 14.0. The Balaban J connectivity index is 2.35. The van der Waals surface area contributed by atoms with Gasteiger partial charge in [-0.3, -0.25) is 0 Å². The Morgan fingerprint density at radius 1 is 1.00 bits per heavy atom. The van der Waals surface area contributed by atoms with Crippen molar-refractivity contribution in [3.8, 4) is 5.75 Å². The summed E-state index contributed by atoms with van der Waals surface area (Å²) in [6.07, 6.45) is 0. The van der Waals surface area contributed by atoms with Crippen LogP contribution in [0.2, 0.25) is 0 Å². The molecule has 1 unspecified atom stereocenters. The van der Waals surface area contributed by atoms with Crippen LogP contribution >= 0.6 is 15.9 Å². The standard InChI is InChI=1S/C15H13BrF2O/c1-9-7-10(4-6-14(9)19-2)15(16)11-3-5-12(17)13(18)8-11/h3-8,15H,1-2H3. The molecule has 0 radical (unpaired) electrons. The minimum Gasteiger partial charge on any atom is -0.496 e. The van der Waals surface area contributed by atoms with Crippen molar-refractivity contribution >= 4 is 15.9 Å². The molecule has 0 spiro atoms. The molecule has 0 bridgehead atoms. The normalized spacial score (nSPS) is 12.3. The molecule has 0 heterocycles. The van der Waals surface area contributed by atoms with Crippen LogP contribution in [0.15, 0.2) is 36.4 Å². The first-order chi connectivity index (χ1) is 9.02. The summed E-state index contributed by atoms with van der Waals surface area (Å²) in [6.45, 7) is 1.94. The molecule has 1 atom stereocenters. The number of methoxy groups -OCH3 is 1. The summed E-state index contributed by atoms with van der Waals surface area (Å²) in [7, 11) is 1.61. The van der Waals surface area contributed by atoms with Gasteiger partial charge in [0.05, 0.1) is 11.9 Å². The van der Waals surface area contributed by atoms with Crippen LogP contribution in [0.4, 0.5) is 8.78 Å². The Morgan fingerprint density at radius 2 is 1.63 bits per heavy atom. The van der Waals surface area contributed by atoms with Gasteiger partial charge >= 0.3 is 0 Å². The number of aryl methyl sites for hydroxylation is 1. The summed E-state index contributed by atoms with van der Waals surface area (Å²) < 4.78 is 31.4. The molecule has 0 N–H and O–H groups in total. The molecular formula is C15H13BrF2O. The molecule has 0 saturated heterocycles. The van der Waals surface area contributed by atoms with Crippen molar-refractivity contribution in [3.05, 3.63) is 64.7 Å². The molecule has 1 nitrogen and oxygen atoms in total. The Bertz CT molecular complexity index is 599. The van der Waals surface area contributed by atoms with E-state index in [9.17, 15) is 8.78 Å². The van der Waals surface area contributed by atoms with Crippen molar-refractivity contribution in [1.82, 2.24) is 0 Å². The van der Waals surface area contributed by atoms with Crippen molar-refractivity contribution in [2.24, 2.45) is 0 Å². The predicted octanol–water partition coefficient (Wildman–Crippen LogP) is 4.77. The lowest BCUT2D eigenvalue weighted by Gasteiger charge is -2.13. The van der Waals surface area contributed by atoms with Crippen LogP contribution in [0, 0.1) is 18.6 Å². The van der Waals surface area contributed by atoms with Crippen LogP contribution in [-0.2, 0) is 0 Å². The fraction of sp³-hybridized carbons (Fsp3) is 0.200. The second kappa shape index (κ2) is 5.70. The second-order valence-electron chi connectivity index (χ2n) is 4.27. The third-order valence-corrected chi connectivity index (χ3v) is 4.01. The lowest BCUT2D eigenvalue weighted by molar-refractivity contribution is 0.411. The molecular weight excluding hydrogens is 314 g/mol. The monoisotopic (exact) mass is 326 g/mol. The molecule has 4 heteroatoms. The molecule has 19 heavy (non-hydrogen) atoms. The Kier molecular flexibility index (Phi) is 4.20. The molecule has 0 aliphatic rings. The minimum atomic E-state index is -0.841. The van der Waals surface area contributed by atoms with E-state index in [0.29, 0.717) is 5.56 Å². The van der Waals surface area contributed by atoms with Crippen molar-refractivity contribution in [2.45, 2.75) is 11.8 Å². The van der Waals surface area contributed by atoms with Gasteiger partial charge in [0.1, 0.15) is 5.75 Å². The Labute approximate surface area is 119 Å². The average molecular weight is 327 g/mol. The SMILES string of the molecule is COc1ccc(C(Br)c2ccc(F)c(F)c2)cc1C. The van der Waals surface area contributed by atoms with E-state index in [-0.39, 0.29) is 4.83 Å². The van der Waals surface area contributed by atoms with E-state index in [4.69, 9.17) is 4.74 Å². The molecule has 2 rings (SSSR count). The summed E-state index contributed by atoms with van der Waals surface area (Å²) in [5, 5.41) is 0. The summed E-state index contributed by atoms with van der Waals surface area (Å²) in [6, 6.07) is 9.62. The van der Waals surface area contributed by atoms with Gasteiger partial charge in [-0.15, -0.1) is 0 Å². The lowest BCUT2D eigenvalue weighted by atomic mass is 10.0. The number of halogens is 3. The highest BCUT2D eigenvalue weighted by molar-refractivity contribution is 9.09. The van der Waals surface area contributed by atoms with Gasteiger partial charge in [0.25, 0.3) is 0 Å². The van der Waals surface area contributed by atoms with Crippen LogP contribution in [-0.4, -0.2) is 7.11 Å². The Morgan fingerprint density at radius 3 is 2.21 bits per heavy atom. The number of alkyl halides is 1. The fourth-order valence-electron chi connectivity index (χ4n) is 1.92. The van der Waals surface area contributed by atoms with E-state index in [0.717, 1.165) is 22.9 Å². The number of hydrogen-bond acceptors (Lipinski definition) is 1. The zero-order valence-electron chi connectivity index (χ0n) is 10.6. The molecule has 100 valence electrons.